The molecule has 0 unspecified atom stereocenters. The molecule has 1 fully saturated rings. The lowest BCUT2D eigenvalue weighted by Crippen LogP contribution is -2.44. The molecule has 1 saturated heterocycles. The molecule has 1 heterocycles. The molecule has 158 valence electrons. The van der Waals surface area contributed by atoms with Gasteiger partial charge in [0.15, 0.2) is 0 Å². The highest BCUT2D eigenvalue weighted by atomic mass is 19.4. The topological polar surface area (TPSA) is 35.6 Å². The fraction of sp³-hybridized carbons (Fsp3) is 0.348. The Morgan fingerprint density at radius 2 is 1.83 bits per heavy atom. The molecule has 1 aliphatic rings. The Morgan fingerprint density at radius 1 is 1.13 bits per heavy atom. The van der Waals surface area contributed by atoms with Gasteiger partial charge in [-0.2, -0.15) is 13.2 Å². The van der Waals surface area contributed by atoms with E-state index in [4.69, 9.17) is 6.42 Å². The Balaban J connectivity index is 1.82. The van der Waals surface area contributed by atoms with E-state index in [0.717, 1.165) is 24.7 Å². The van der Waals surface area contributed by atoms with Gasteiger partial charge in [0.05, 0.1) is 5.56 Å². The second-order valence-electron chi connectivity index (χ2n) is 7.58. The van der Waals surface area contributed by atoms with Crippen LogP contribution in [-0.4, -0.2) is 48.9 Å². The first kappa shape index (κ1) is 21.9. The van der Waals surface area contributed by atoms with Gasteiger partial charge < -0.3 is 10.2 Å². The Labute approximate surface area is 174 Å². The molecule has 1 aliphatic heterocycles. The number of alkyl halides is 3. The number of halogens is 3. The molecule has 0 bridgehead atoms. The van der Waals surface area contributed by atoms with Crippen LogP contribution in [0.15, 0.2) is 36.4 Å². The minimum atomic E-state index is -4.54. The molecular formula is C23H24F3N3O. The molecule has 0 atom stereocenters. The van der Waals surface area contributed by atoms with Crippen molar-refractivity contribution in [3.63, 3.8) is 0 Å². The molecule has 2 aromatic rings. The summed E-state index contributed by atoms with van der Waals surface area (Å²) in [4.78, 5) is 16.7. The third-order valence-corrected chi connectivity index (χ3v) is 5.32. The highest BCUT2D eigenvalue weighted by Gasteiger charge is 2.34. The second-order valence-corrected chi connectivity index (χ2v) is 7.58. The van der Waals surface area contributed by atoms with E-state index in [1.807, 2.05) is 18.9 Å². The first-order chi connectivity index (χ1) is 14.2. The normalized spacial score (nSPS) is 15.6. The summed E-state index contributed by atoms with van der Waals surface area (Å²) in [5.74, 6) is 1.91. The molecule has 30 heavy (non-hydrogen) atoms. The summed E-state index contributed by atoms with van der Waals surface area (Å²) < 4.78 is 41.1. The maximum atomic E-state index is 13.7. The van der Waals surface area contributed by atoms with Crippen molar-refractivity contribution in [2.75, 3.05) is 38.5 Å². The Kier molecular flexibility index (Phi) is 6.49. The number of rotatable bonds is 4. The number of likely N-dealkylation sites (N-methyl/N-ethyl adjacent to an activating group) is 1. The predicted molar refractivity (Wildman–Crippen MR) is 111 cm³/mol. The fourth-order valence-corrected chi connectivity index (χ4v) is 3.42. The van der Waals surface area contributed by atoms with Crippen LogP contribution in [0.2, 0.25) is 0 Å². The fourth-order valence-electron chi connectivity index (χ4n) is 3.42. The number of piperazine rings is 1. The van der Waals surface area contributed by atoms with Crippen molar-refractivity contribution in [1.29, 1.82) is 0 Å². The van der Waals surface area contributed by atoms with Crippen LogP contribution in [0, 0.1) is 19.3 Å². The van der Waals surface area contributed by atoms with E-state index in [1.165, 1.54) is 12.1 Å². The SMILES string of the molecule is C#Cc1cc(NC(=O)c2ccc(CN3CCN(C)CC3)c(C(F)(F)F)c2)ccc1C. The summed E-state index contributed by atoms with van der Waals surface area (Å²) in [6.45, 7) is 5.10. The van der Waals surface area contributed by atoms with Crippen molar-refractivity contribution in [1.82, 2.24) is 9.80 Å². The summed E-state index contributed by atoms with van der Waals surface area (Å²) >= 11 is 0. The number of hydrogen-bond donors (Lipinski definition) is 1. The van der Waals surface area contributed by atoms with Crippen molar-refractivity contribution in [3.05, 3.63) is 64.2 Å². The van der Waals surface area contributed by atoms with Crippen molar-refractivity contribution in [3.8, 4) is 12.3 Å². The zero-order valence-corrected chi connectivity index (χ0v) is 17.0. The molecule has 1 N–H and O–H groups in total. The van der Waals surface area contributed by atoms with E-state index < -0.39 is 17.6 Å². The number of terminal acetylenes is 1. The van der Waals surface area contributed by atoms with Crippen molar-refractivity contribution >= 4 is 11.6 Å². The number of nitrogens with one attached hydrogen (secondary N) is 1. The molecule has 3 rings (SSSR count). The number of carbonyl (C=O) groups excluding carboxylic acids is 1. The highest BCUT2D eigenvalue weighted by molar-refractivity contribution is 6.04. The molecule has 1 amide bonds. The standard InChI is InChI=1S/C23H24F3N3O/c1-4-17-13-20(8-5-16(17)2)27-22(30)18-6-7-19(21(14-18)23(24,25)26)15-29-11-9-28(3)10-12-29/h1,5-8,13-14H,9-12,15H2,2-3H3,(H,27,30). The maximum absolute atomic E-state index is 13.7. The average Bonchev–Trinajstić information content (AvgIpc) is 2.70. The summed E-state index contributed by atoms with van der Waals surface area (Å²) in [5, 5.41) is 2.63. The number of aryl methyl sites for hydroxylation is 1. The second kappa shape index (κ2) is 8.90. The van der Waals surface area contributed by atoms with Gasteiger partial charge in [-0.05, 0) is 49.4 Å². The van der Waals surface area contributed by atoms with E-state index in [9.17, 15) is 18.0 Å². The number of anilines is 1. The third-order valence-electron chi connectivity index (χ3n) is 5.32. The van der Waals surface area contributed by atoms with Crippen LogP contribution < -0.4 is 5.32 Å². The van der Waals surface area contributed by atoms with Crippen LogP contribution in [0.3, 0.4) is 0 Å². The molecule has 7 heteroatoms. The van der Waals surface area contributed by atoms with Crippen LogP contribution in [-0.2, 0) is 12.7 Å². The van der Waals surface area contributed by atoms with Crippen LogP contribution in [0.5, 0.6) is 0 Å². The van der Waals surface area contributed by atoms with Crippen molar-refractivity contribution < 1.29 is 18.0 Å². The van der Waals surface area contributed by atoms with E-state index in [2.05, 4.69) is 16.1 Å². The first-order valence-corrected chi connectivity index (χ1v) is 9.67. The van der Waals surface area contributed by atoms with Gasteiger partial charge in [-0.25, -0.2) is 0 Å². The lowest BCUT2D eigenvalue weighted by molar-refractivity contribution is -0.138. The Morgan fingerprint density at radius 3 is 2.47 bits per heavy atom. The van der Waals surface area contributed by atoms with Crippen LogP contribution >= 0.6 is 0 Å². The van der Waals surface area contributed by atoms with Crippen molar-refractivity contribution in [2.45, 2.75) is 19.6 Å². The van der Waals surface area contributed by atoms with Crippen LogP contribution in [0.1, 0.15) is 32.6 Å². The Bertz CT molecular complexity index is 971. The Hall–Kier alpha value is -2.82. The lowest BCUT2D eigenvalue weighted by Gasteiger charge is -2.33. The van der Waals surface area contributed by atoms with Gasteiger partial charge in [-0.1, -0.05) is 18.1 Å². The van der Waals surface area contributed by atoms with E-state index in [0.29, 0.717) is 24.3 Å². The van der Waals surface area contributed by atoms with Gasteiger partial charge in [0.25, 0.3) is 5.91 Å². The number of nitrogens with zero attached hydrogens (tertiary/aromatic N) is 2. The van der Waals surface area contributed by atoms with Gasteiger partial charge >= 0.3 is 6.18 Å². The van der Waals surface area contributed by atoms with E-state index in [1.54, 1.807) is 18.2 Å². The maximum Gasteiger partial charge on any atom is 0.416 e. The molecule has 0 aliphatic carbocycles. The molecule has 0 spiro atoms. The molecule has 0 aromatic heterocycles. The third kappa shape index (κ3) is 5.21. The lowest BCUT2D eigenvalue weighted by atomic mass is 10.0. The molecule has 4 nitrogen and oxygen atoms in total. The number of amides is 1. The summed E-state index contributed by atoms with van der Waals surface area (Å²) in [6.07, 6.45) is 0.893. The molecular weight excluding hydrogens is 391 g/mol. The predicted octanol–water partition coefficient (Wildman–Crippen LogP) is 3.99. The summed E-state index contributed by atoms with van der Waals surface area (Å²) in [6, 6.07) is 8.81. The summed E-state index contributed by atoms with van der Waals surface area (Å²) in [5.41, 5.74) is 1.28. The van der Waals surface area contributed by atoms with Crippen LogP contribution in [0.4, 0.5) is 18.9 Å². The van der Waals surface area contributed by atoms with Crippen molar-refractivity contribution in [2.24, 2.45) is 0 Å². The largest absolute Gasteiger partial charge is 0.416 e. The zero-order chi connectivity index (χ0) is 21.9. The monoisotopic (exact) mass is 415 g/mol. The van der Waals surface area contributed by atoms with E-state index in [-0.39, 0.29) is 17.7 Å². The quantitative estimate of drug-likeness (QED) is 0.767. The summed E-state index contributed by atoms with van der Waals surface area (Å²) in [7, 11) is 1.99. The zero-order valence-electron chi connectivity index (χ0n) is 17.0. The van der Waals surface area contributed by atoms with Gasteiger partial charge in [-0.15, -0.1) is 6.42 Å². The van der Waals surface area contributed by atoms with E-state index >= 15 is 0 Å². The first-order valence-electron chi connectivity index (χ1n) is 9.67. The average molecular weight is 415 g/mol. The minimum absolute atomic E-state index is 0.0488. The number of benzene rings is 2. The van der Waals surface area contributed by atoms with Gasteiger partial charge in [0.1, 0.15) is 0 Å². The minimum Gasteiger partial charge on any atom is -0.322 e. The molecule has 0 saturated carbocycles. The van der Waals surface area contributed by atoms with Gasteiger partial charge in [-0.3, -0.25) is 9.69 Å². The number of carbonyl (C=O) groups is 1. The molecule has 0 radical (unpaired) electrons. The number of hydrogen-bond acceptors (Lipinski definition) is 3. The van der Waals surface area contributed by atoms with Gasteiger partial charge in [0, 0.05) is 49.5 Å². The smallest absolute Gasteiger partial charge is 0.322 e. The van der Waals surface area contributed by atoms with Crippen LogP contribution in [0.25, 0.3) is 0 Å². The molecule has 2 aromatic carbocycles. The highest BCUT2D eigenvalue weighted by Crippen LogP contribution is 2.33. The van der Waals surface area contributed by atoms with Gasteiger partial charge in [0.2, 0.25) is 0 Å².